The Labute approximate surface area is 152 Å². The fraction of sp³-hybridized carbons (Fsp3) is 0.438. The minimum atomic E-state index is -3.27. The van der Waals surface area contributed by atoms with E-state index >= 15 is 0 Å². The van der Waals surface area contributed by atoms with Crippen molar-refractivity contribution in [2.45, 2.75) is 19.0 Å². The zero-order valence-electron chi connectivity index (χ0n) is 14.0. The van der Waals surface area contributed by atoms with Gasteiger partial charge in [0.2, 0.25) is 10.0 Å². The average Bonchev–Trinajstić information content (AvgIpc) is 2.93. The number of hydrogen-bond donors (Lipinski definition) is 0. The number of fused-ring (bicyclic) bond motifs is 1. The summed E-state index contributed by atoms with van der Waals surface area (Å²) in [5.41, 5.74) is 3.53. The van der Waals surface area contributed by atoms with E-state index in [-0.39, 0.29) is 5.92 Å². The van der Waals surface area contributed by atoms with Gasteiger partial charge in [-0.2, -0.15) is 0 Å². The maximum absolute atomic E-state index is 11.9. The van der Waals surface area contributed by atoms with E-state index in [1.807, 2.05) is 18.0 Å². The maximum atomic E-state index is 11.9. The van der Waals surface area contributed by atoms with Crippen LogP contribution in [0.1, 0.15) is 23.8 Å². The summed E-state index contributed by atoms with van der Waals surface area (Å²) in [6.45, 7) is 2.09. The number of hydrogen-bond acceptors (Lipinski definition) is 5. The third-order valence-corrected chi connectivity index (χ3v) is 6.85. The fourth-order valence-corrected chi connectivity index (χ4v) is 4.63. The first-order chi connectivity index (χ1) is 11.2. The van der Waals surface area contributed by atoms with Crippen molar-refractivity contribution < 1.29 is 8.42 Å². The van der Waals surface area contributed by atoms with E-state index < -0.39 is 15.6 Å². The van der Waals surface area contributed by atoms with Gasteiger partial charge in [-0.05, 0) is 24.0 Å². The molecule has 0 bridgehead atoms. The highest BCUT2D eigenvalue weighted by atomic mass is 35.5. The molecule has 0 saturated heterocycles. The Hall–Kier alpha value is -1.31. The molecule has 0 spiro atoms. The van der Waals surface area contributed by atoms with Crippen molar-refractivity contribution in [3.05, 3.63) is 33.7 Å². The van der Waals surface area contributed by atoms with E-state index in [4.69, 9.17) is 11.6 Å². The third-order valence-electron chi connectivity index (χ3n) is 4.31. The Morgan fingerprint density at radius 1 is 1.46 bits per heavy atom. The molecule has 2 unspecified atom stereocenters. The minimum absolute atomic E-state index is 0.258. The van der Waals surface area contributed by atoms with Crippen molar-refractivity contribution in [3.8, 4) is 0 Å². The van der Waals surface area contributed by atoms with Gasteiger partial charge in [0.15, 0.2) is 5.62 Å². The Kier molecular flexibility index (Phi) is 4.53. The number of nitrogens with zero attached hydrogens (tertiary/aromatic N) is 3. The van der Waals surface area contributed by atoms with Gasteiger partial charge >= 0.3 is 0 Å². The van der Waals surface area contributed by atoms with Gasteiger partial charge in [0.05, 0.1) is 16.8 Å². The molecule has 8 heteroatoms. The van der Waals surface area contributed by atoms with Gasteiger partial charge in [-0.3, -0.25) is 9.30 Å². The summed E-state index contributed by atoms with van der Waals surface area (Å²) in [5, 5.41) is 2.08. The Balaban J connectivity index is 2.06. The normalized spacial score (nSPS) is 23.6. The number of allylic oxidation sites excluding steroid dienone is 4. The molecule has 2 atom stereocenters. The molecule has 0 fully saturated rings. The van der Waals surface area contributed by atoms with Gasteiger partial charge < -0.3 is 4.90 Å². The van der Waals surface area contributed by atoms with Crippen LogP contribution >= 0.6 is 22.9 Å². The Morgan fingerprint density at radius 2 is 2.17 bits per heavy atom. The predicted molar refractivity (Wildman–Crippen MR) is 102 cm³/mol. The third kappa shape index (κ3) is 3.12. The molecule has 1 aromatic heterocycles. The first-order valence-corrected chi connectivity index (χ1v) is 10.7. The zero-order chi connectivity index (χ0) is 17.6. The summed E-state index contributed by atoms with van der Waals surface area (Å²) < 4.78 is 25.1. The lowest BCUT2D eigenvalue weighted by atomic mass is 9.91. The van der Waals surface area contributed by atoms with Crippen molar-refractivity contribution in [1.29, 1.82) is 0 Å². The molecule has 5 nitrogen and oxygen atoms in total. The summed E-state index contributed by atoms with van der Waals surface area (Å²) in [4.78, 5) is 7.26. The van der Waals surface area contributed by atoms with Gasteiger partial charge in [0.1, 0.15) is 0 Å². The lowest BCUT2D eigenvalue weighted by Crippen LogP contribution is -2.29. The lowest BCUT2D eigenvalue weighted by molar-refractivity contribution is 0.503. The van der Waals surface area contributed by atoms with Crippen LogP contribution in [-0.2, 0) is 10.0 Å². The second kappa shape index (κ2) is 6.20. The average molecular weight is 386 g/mol. The van der Waals surface area contributed by atoms with Crippen LogP contribution in [0.25, 0.3) is 5.57 Å². The van der Waals surface area contributed by atoms with Gasteiger partial charge in [-0.15, -0.1) is 11.3 Å². The van der Waals surface area contributed by atoms with Crippen molar-refractivity contribution in [1.82, 2.24) is 4.31 Å². The van der Waals surface area contributed by atoms with Crippen LogP contribution in [0.3, 0.4) is 0 Å². The predicted octanol–water partition coefficient (Wildman–Crippen LogP) is 3.34. The molecular weight excluding hydrogens is 366 g/mol. The number of thiophene rings is 1. The molecule has 2 aliphatic rings. The number of aliphatic imine (C=N–C) groups is 1. The van der Waals surface area contributed by atoms with E-state index in [2.05, 4.69) is 23.4 Å². The van der Waals surface area contributed by atoms with Crippen molar-refractivity contribution in [3.63, 3.8) is 0 Å². The van der Waals surface area contributed by atoms with Gasteiger partial charge in [0, 0.05) is 37.0 Å². The maximum Gasteiger partial charge on any atom is 0.231 e. The quantitative estimate of drug-likeness (QED) is 0.592. The first kappa shape index (κ1) is 17.5. The fourth-order valence-electron chi connectivity index (χ4n) is 2.94. The minimum Gasteiger partial charge on any atom is -0.339 e. The van der Waals surface area contributed by atoms with E-state index in [1.54, 1.807) is 24.6 Å². The summed E-state index contributed by atoms with van der Waals surface area (Å²) in [5.74, 6) is 0.258. The number of alkyl halides is 1. The van der Waals surface area contributed by atoms with Crippen LogP contribution < -0.4 is 4.90 Å². The number of sulfonamides is 1. The van der Waals surface area contributed by atoms with Crippen molar-refractivity contribution in [2.24, 2.45) is 10.9 Å². The summed E-state index contributed by atoms with van der Waals surface area (Å²) in [6, 6.07) is 0. The highest BCUT2D eigenvalue weighted by Crippen LogP contribution is 2.41. The van der Waals surface area contributed by atoms with Crippen LogP contribution in [0.15, 0.2) is 28.2 Å². The molecule has 0 amide bonds. The van der Waals surface area contributed by atoms with E-state index in [0.29, 0.717) is 6.42 Å². The number of anilines is 1. The highest BCUT2D eigenvalue weighted by Gasteiger charge is 2.27. The van der Waals surface area contributed by atoms with Crippen LogP contribution in [-0.4, -0.2) is 44.9 Å². The smallest absolute Gasteiger partial charge is 0.231 e. The van der Waals surface area contributed by atoms with E-state index in [0.717, 1.165) is 27.4 Å². The molecule has 0 N–H and O–H groups in total. The van der Waals surface area contributed by atoms with E-state index in [9.17, 15) is 8.42 Å². The van der Waals surface area contributed by atoms with Crippen LogP contribution in [0, 0.1) is 5.92 Å². The second-order valence-electron chi connectivity index (χ2n) is 6.23. The molecule has 0 aromatic carbocycles. The highest BCUT2D eigenvalue weighted by molar-refractivity contribution is 7.88. The van der Waals surface area contributed by atoms with E-state index in [1.165, 1.54) is 10.6 Å². The molecule has 24 heavy (non-hydrogen) atoms. The molecule has 130 valence electrons. The van der Waals surface area contributed by atoms with Gasteiger partial charge in [-0.1, -0.05) is 24.6 Å². The number of rotatable bonds is 3. The van der Waals surface area contributed by atoms with Gasteiger partial charge in [-0.25, -0.2) is 8.42 Å². The number of halogens is 1. The molecule has 0 radical (unpaired) electrons. The molecule has 0 saturated carbocycles. The SMILES string of the molecule is CC1C=C(c2csc3c2N(C)C(Cl)N=C3)C=C(N(C)S(C)(=O)=O)C1. The Bertz CT molecular complexity index is 855. The summed E-state index contributed by atoms with van der Waals surface area (Å²) in [7, 11) is 0.257. The largest absolute Gasteiger partial charge is 0.339 e. The van der Waals surface area contributed by atoms with Crippen LogP contribution in [0.2, 0.25) is 0 Å². The molecule has 2 heterocycles. The summed E-state index contributed by atoms with van der Waals surface area (Å²) in [6.07, 6.45) is 7.89. The second-order valence-corrected chi connectivity index (χ2v) is 9.55. The van der Waals surface area contributed by atoms with Crippen LogP contribution in [0.5, 0.6) is 0 Å². The monoisotopic (exact) mass is 385 g/mol. The lowest BCUT2D eigenvalue weighted by Gasteiger charge is -2.29. The molecule has 1 aliphatic heterocycles. The van der Waals surface area contributed by atoms with Gasteiger partial charge in [0.25, 0.3) is 0 Å². The molecular formula is C16H20ClN3O2S2. The summed E-state index contributed by atoms with van der Waals surface area (Å²) >= 11 is 7.86. The zero-order valence-corrected chi connectivity index (χ0v) is 16.4. The first-order valence-electron chi connectivity index (χ1n) is 7.56. The van der Waals surface area contributed by atoms with Crippen molar-refractivity contribution in [2.75, 3.05) is 25.3 Å². The van der Waals surface area contributed by atoms with Crippen LogP contribution in [0.4, 0.5) is 5.69 Å². The molecule has 1 aliphatic carbocycles. The topological polar surface area (TPSA) is 53.0 Å². The Morgan fingerprint density at radius 3 is 2.83 bits per heavy atom. The molecule has 3 rings (SSSR count). The van der Waals surface area contributed by atoms with Crippen molar-refractivity contribution >= 4 is 50.4 Å². The molecule has 1 aromatic rings. The standard InChI is InChI=1S/C16H20ClN3O2S2/c1-10-5-11(7-12(6-10)20(3)24(4,21)22)13-9-23-14-8-18-16(17)19(2)15(13)14/h5,7-10,16H,6H2,1-4H3.